The van der Waals surface area contributed by atoms with E-state index >= 15 is 0 Å². The molecule has 0 bridgehead atoms. The zero-order chi connectivity index (χ0) is 16.1. The molecule has 0 unspecified atom stereocenters. The van der Waals surface area contributed by atoms with E-state index in [-0.39, 0.29) is 10.9 Å². The van der Waals surface area contributed by atoms with E-state index in [0.717, 1.165) is 5.56 Å². The first kappa shape index (κ1) is 16.0. The lowest BCUT2D eigenvalue weighted by atomic mass is 10.2. The molecule has 116 valence electrons. The number of benzene rings is 2. The normalized spacial score (nSPS) is 10.0. The Morgan fingerprint density at radius 2 is 1.64 bits per heavy atom. The van der Waals surface area contributed by atoms with E-state index in [0.29, 0.717) is 22.9 Å². The third-order valence-corrected chi connectivity index (χ3v) is 3.18. The quantitative estimate of drug-likeness (QED) is 0.835. The van der Waals surface area contributed by atoms with Crippen LogP contribution in [0.3, 0.4) is 0 Å². The molecule has 6 heteroatoms. The topological polar surface area (TPSA) is 42.5 Å². The molecule has 0 spiro atoms. The lowest BCUT2D eigenvalue weighted by molar-refractivity contribution is 0.395. The summed E-state index contributed by atoms with van der Waals surface area (Å²) >= 11 is 5.21. The van der Waals surface area contributed by atoms with Gasteiger partial charge >= 0.3 is 0 Å². The van der Waals surface area contributed by atoms with Crippen LogP contribution in [0.25, 0.3) is 0 Å². The van der Waals surface area contributed by atoms with Crippen molar-refractivity contribution in [3.63, 3.8) is 0 Å². The highest BCUT2D eigenvalue weighted by Crippen LogP contribution is 2.26. The van der Waals surface area contributed by atoms with Crippen LogP contribution in [0.15, 0.2) is 36.4 Å². The van der Waals surface area contributed by atoms with Crippen LogP contribution in [-0.4, -0.2) is 19.3 Å². The van der Waals surface area contributed by atoms with Crippen molar-refractivity contribution in [1.82, 2.24) is 0 Å². The Morgan fingerprint density at radius 3 is 2.23 bits per heavy atom. The molecular formula is C16H17FN2O2S. The first-order valence-corrected chi connectivity index (χ1v) is 7.00. The molecule has 0 aliphatic heterocycles. The first-order valence-electron chi connectivity index (χ1n) is 6.59. The van der Waals surface area contributed by atoms with Gasteiger partial charge in [-0.25, -0.2) is 4.39 Å². The Bertz CT molecular complexity index is 670. The van der Waals surface area contributed by atoms with Crippen LogP contribution in [0, 0.1) is 12.7 Å². The summed E-state index contributed by atoms with van der Waals surface area (Å²) in [6, 6.07) is 10.1. The molecule has 0 radical (unpaired) electrons. The van der Waals surface area contributed by atoms with Gasteiger partial charge in [0.05, 0.1) is 19.9 Å². The van der Waals surface area contributed by atoms with Gasteiger partial charge in [0.1, 0.15) is 17.3 Å². The highest BCUT2D eigenvalue weighted by Gasteiger charge is 2.07. The number of methoxy groups -OCH3 is 2. The van der Waals surface area contributed by atoms with Gasteiger partial charge in [0.25, 0.3) is 0 Å². The number of hydrogen-bond donors (Lipinski definition) is 2. The van der Waals surface area contributed by atoms with Crippen molar-refractivity contribution in [2.75, 3.05) is 24.9 Å². The van der Waals surface area contributed by atoms with Crippen LogP contribution in [-0.2, 0) is 0 Å². The van der Waals surface area contributed by atoms with E-state index in [1.165, 1.54) is 6.07 Å². The van der Waals surface area contributed by atoms with Gasteiger partial charge in [0, 0.05) is 23.9 Å². The van der Waals surface area contributed by atoms with E-state index < -0.39 is 0 Å². The molecule has 0 saturated heterocycles. The van der Waals surface area contributed by atoms with Crippen LogP contribution in [0.2, 0.25) is 0 Å². The molecule has 0 fully saturated rings. The van der Waals surface area contributed by atoms with Gasteiger partial charge in [-0.1, -0.05) is 6.07 Å². The number of anilines is 2. The fourth-order valence-corrected chi connectivity index (χ4v) is 2.13. The van der Waals surface area contributed by atoms with Crippen molar-refractivity contribution in [1.29, 1.82) is 0 Å². The van der Waals surface area contributed by atoms with Gasteiger partial charge < -0.3 is 20.1 Å². The molecular weight excluding hydrogens is 303 g/mol. The number of thiocarbonyl (C=S) groups is 1. The van der Waals surface area contributed by atoms with Crippen molar-refractivity contribution < 1.29 is 13.9 Å². The third-order valence-electron chi connectivity index (χ3n) is 2.98. The van der Waals surface area contributed by atoms with Gasteiger partial charge in [-0.2, -0.15) is 0 Å². The summed E-state index contributed by atoms with van der Waals surface area (Å²) in [7, 11) is 3.13. The Morgan fingerprint density at radius 1 is 1.00 bits per heavy atom. The summed E-state index contributed by atoms with van der Waals surface area (Å²) < 4.78 is 24.1. The monoisotopic (exact) mass is 320 g/mol. The number of hydrogen-bond acceptors (Lipinski definition) is 3. The highest BCUT2D eigenvalue weighted by molar-refractivity contribution is 7.80. The Labute approximate surface area is 134 Å². The maximum Gasteiger partial charge on any atom is 0.175 e. The molecule has 2 aromatic carbocycles. The molecule has 0 aliphatic rings. The lowest BCUT2D eigenvalue weighted by Gasteiger charge is -2.13. The molecule has 0 aliphatic carbocycles. The van der Waals surface area contributed by atoms with Crippen molar-refractivity contribution in [3.05, 3.63) is 47.8 Å². The molecule has 2 rings (SSSR count). The van der Waals surface area contributed by atoms with Gasteiger partial charge in [0.15, 0.2) is 5.11 Å². The molecule has 0 heterocycles. The van der Waals surface area contributed by atoms with Crippen LogP contribution >= 0.6 is 12.2 Å². The largest absolute Gasteiger partial charge is 0.497 e. The van der Waals surface area contributed by atoms with Crippen LogP contribution < -0.4 is 20.1 Å². The first-order chi connectivity index (χ1) is 10.5. The summed E-state index contributed by atoms with van der Waals surface area (Å²) in [5, 5.41) is 6.10. The molecule has 2 aromatic rings. The molecule has 0 aromatic heterocycles. The maximum atomic E-state index is 13.7. The number of halogens is 1. The highest BCUT2D eigenvalue weighted by atomic mass is 32.1. The van der Waals surface area contributed by atoms with Gasteiger partial charge in [-0.05, 0) is 36.8 Å². The Kier molecular flexibility index (Phi) is 5.16. The number of nitrogens with one attached hydrogen (secondary N) is 2. The van der Waals surface area contributed by atoms with Crippen LogP contribution in [0.5, 0.6) is 11.5 Å². The summed E-state index contributed by atoms with van der Waals surface area (Å²) in [6.45, 7) is 1.88. The maximum absolute atomic E-state index is 13.7. The zero-order valence-corrected chi connectivity index (χ0v) is 13.4. The smallest absolute Gasteiger partial charge is 0.175 e. The second kappa shape index (κ2) is 7.09. The van der Waals surface area contributed by atoms with Crippen molar-refractivity contribution in [2.24, 2.45) is 0 Å². The third kappa shape index (κ3) is 4.08. The Balaban J connectivity index is 2.13. The van der Waals surface area contributed by atoms with Gasteiger partial charge in [-0.3, -0.25) is 0 Å². The van der Waals surface area contributed by atoms with Crippen molar-refractivity contribution in [2.45, 2.75) is 6.92 Å². The summed E-state index contributed by atoms with van der Waals surface area (Å²) in [5.41, 5.74) is 1.95. The average molecular weight is 320 g/mol. The van der Waals surface area contributed by atoms with E-state index in [2.05, 4.69) is 10.6 Å². The van der Waals surface area contributed by atoms with Crippen LogP contribution in [0.1, 0.15) is 5.56 Å². The fraction of sp³-hybridized carbons (Fsp3) is 0.188. The van der Waals surface area contributed by atoms with E-state index in [1.807, 2.05) is 6.92 Å². The fourth-order valence-electron chi connectivity index (χ4n) is 1.90. The summed E-state index contributed by atoms with van der Waals surface area (Å²) in [5.74, 6) is 0.899. The summed E-state index contributed by atoms with van der Waals surface area (Å²) in [4.78, 5) is 0. The van der Waals surface area contributed by atoms with Gasteiger partial charge in [-0.15, -0.1) is 0 Å². The average Bonchev–Trinajstić information content (AvgIpc) is 2.50. The molecule has 4 nitrogen and oxygen atoms in total. The SMILES string of the molecule is COc1cc(NC(=S)Nc2cc(C)ccc2F)cc(OC)c1. The molecule has 0 amide bonds. The molecule has 0 atom stereocenters. The number of rotatable bonds is 4. The second-order valence-electron chi connectivity index (χ2n) is 4.66. The minimum Gasteiger partial charge on any atom is -0.497 e. The minimum atomic E-state index is -0.363. The van der Waals surface area contributed by atoms with Crippen molar-refractivity contribution >= 4 is 28.7 Å². The zero-order valence-electron chi connectivity index (χ0n) is 12.6. The number of ether oxygens (including phenoxy) is 2. The second-order valence-corrected chi connectivity index (χ2v) is 5.07. The predicted octanol–water partition coefficient (Wildman–Crippen LogP) is 3.96. The minimum absolute atomic E-state index is 0.278. The molecule has 22 heavy (non-hydrogen) atoms. The van der Waals surface area contributed by atoms with E-state index in [9.17, 15) is 4.39 Å². The molecule has 2 N–H and O–H groups in total. The van der Waals surface area contributed by atoms with Gasteiger partial charge in [0.2, 0.25) is 0 Å². The molecule has 0 saturated carbocycles. The van der Waals surface area contributed by atoms with E-state index in [1.54, 1.807) is 44.6 Å². The standard InChI is InChI=1S/C16H17FN2O2S/c1-10-4-5-14(17)15(6-10)19-16(22)18-11-7-12(20-2)9-13(8-11)21-3/h4-9H,1-3H3,(H2,18,19,22). The Hall–Kier alpha value is -2.34. The summed E-state index contributed by atoms with van der Waals surface area (Å²) in [6.07, 6.45) is 0. The predicted molar refractivity (Wildman–Crippen MR) is 90.5 cm³/mol. The van der Waals surface area contributed by atoms with Crippen molar-refractivity contribution in [3.8, 4) is 11.5 Å². The lowest BCUT2D eigenvalue weighted by Crippen LogP contribution is -2.20. The number of aryl methyl sites for hydroxylation is 1. The van der Waals surface area contributed by atoms with Crippen LogP contribution in [0.4, 0.5) is 15.8 Å². The van der Waals surface area contributed by atoms with E-state index in [4.69, 9.17) is 21.7 Å².